The van der Waals surface area contributed by atoms with Gasteiger partial charge >= 0.3 is 12.1 Å². The van der Waals surface area contributed by atoms with Crippen LogP contribution in [0.25, 0.3) is 0 Å². The maximum Gasteiger partial charge on any atom is 0.417 e. The van der Waals surface area contributed by atoms with Crippen molar-refractivity contribution >= 4 is 29.3 Å². The van der Waals surface area contributed by atoms with Gasteiger partial charge in [0, 0.05) is 35.8 Å². The summed E-state index contributed by atoms with van der Waals surface area (Å²) in [6, 6.07) is 7.41. The Kier molecular flexibility index (Phi) is 6.50. The van der Waals surface area contributed by atoms with Crippen molar-refractivity contribution in [2.24, 2.45) is 5.92 Å². The van der Waals surface area contributed by atoms with Gasteiger partial charge in [0.1, 0.15) is 5.82 Å². The van der Waals surface area contributed by atoms with E-state index in [0.717, 1.165) is 12.3 Å². The molecule has 160 valence electrons. The third-order valence-electron chi connectivity index (χ3n) is 5.01. The molecular weight excluding hydrogens is 423 g/mol. The Morgan fingerprint density at radius 2 is 1.83 bits per heavy atom. The number of aromatic nitrogens is 1. The van der Waals surface area contributed by atoms with Crippen LogP contribution in [0.15, 0.2) is 42.6 Å². The van der Waals surface area contributed by atoms with Crippen LogP contribution < -0.4 is 10.2 Å². The minimum absolute atomic E-state index is 0.244. The molecule has 2 N–H and O–H groups in total. The van der Waals surface area contributed by atoms with Gasteiger partial charge in [0.05, 0.1) is 5.56 Å². The highest BCUT2D eigenvalue weighted by atomic mass is 35.5. The molecule has 1 fully saturated rings. The molecule has 2 aromatic rings. The third-order valence-corrected chi connectivity index (χ3v) is 5.36. The quantitative estimate of drug-likeness (QED) is 0.735. The summed E-state index contributed by atoms with van der Waals surface area (Å²) in [6.45, 7) is 0.834. The maximum atomic E-state index is 12.7. The molecule has 1 aliphatic rings. The van der Waals surface area contributed by atoms with Crippen LogP contribution in [0.5, 0.6) is 0 Å². The van der Waals surface area contributed by atoms with E-state index >= 15 is 0 Å². The molecule has 2 heterocycles. The molecule has 1 unspecified atom stereocenters. The van der Waals surface area contributed by atoms with Gasteiger partial charge in [0.25, 0.3) is 0 Å². The molecule has 10 heteroatoms. The molecule has 1 saturated heterocycles. The van der Waals surface area contributed by atoms with Crippen molar-refractivity contribution in [3.63, 3.8) is 0 Å². The fraction of sp³-hybridized carbons (Fsp3) is 0.350. The number of hydrogen-bond acceptors (Lipinski definition) is 4. The summed E-state index contributed by atoms with van der Waals surface area (Å²) in [5.41, 5.74) is -0.522. The number of carbonyl (C=O) groups excluding carboxylic acids is 1. The molecule has 3 rings (SSSR count). The number of carbonyl (C=O) groups is 2. The van der Waals surface area contributed by atoms with Crippen LogP contribution in [-0.2, 0) is 15.8 Å². The molecule has 1 amide bonds. The van der Waals surface area contributed by atoms with Crippen molar-refractivity contribution in [3.8, 4) is 0 Å². The van der Waals surface area contributed by atoms with Gasteiger partial charge in [-0.2, -0.15) is 13.2 Å². The van der Waals surface area contributed by atoms with E-state index in [1.165, 1.54) is 6.07 Å². The minimum atomic E-state index is -4.45. The number of carboxylic acid groups (broad SMARTS) is 1. The average Bonchev–Trinajstić information content (AvgIpc) is 2.72. The van der Waals surface area contributed by atoms with Crippen LogP contribution in [0.1, 0.15) is 30.0 Å². The van der Waals surface area contributed by atoms with Crippen LogP contribution >= 0.6 is 11.6 Å². The summed E-state index contributed by atoms with van der Waals surface area (Å²) in [5.74, 6) is -1.63. The van der Waals surface area contributed by atoms with Crippen LogP contribution in [0.2, 0.25) is 5.02 Å². The molecule has 1 aromatic carbocycles. The summed E-state index contributed by atoms with van der Waals surface area (Å²) >= 11 is 6.06. The van der Waals surface area contributed by atoms with E-state index in [-0.39, 0.29) is 5.02 Å². The summed E-state index contributed by atoms with van der Waals surface area (Å²) in [7, 11) is 0. The lowest BCUT2D eigenvalue weighted by Gasteiger charge is -2.32. The lowest BCUT2D eigenvalue weighted by atomic mass is 9.95. The second-order valence-corrected chi connectivity index (χ2v) is 7.37. The van der Waals surface area contributed by atoms with Crippen LogP contribution in [0.3, 0.4) is 0 Å². The Morgan fingerprint density at radius 3 is 2.37 bits per heavy atom. The smallest absolute Gasteiger partial charge is 0.417 e. The molecule has 1 aliphatic heterocycles. The van der Waals surface area contributed by atoms with Crippen molar-refractivity contribution in [3.05, 3.63) is 58.7 Å². The summed E-state index contributed by atoms with van der Waals surface area (Å²) in [4.78, 5) is 29.9. The van der Waals surface area contributed by atoms with Crippen molar-refractivity contribution < 1.29 is 27.9 Å². The van der Waals surface area contributed by atoms with Gasteiger partial charge < -0.3 is 15.3 Å². The molecule has 0 aliphatic carbocycles. The largest absolute Gasteiger partial charge is 0.479 e. The number of carboxylic acids is 1. The van der Waals surface area contributed by atoms with Crippen molar-refractivity contribution in [1.82, 2.24) is 10.3 Å². The van der Waals surface area contributed by atoms with E-state index in [1.54, 1.807) is 29.2 Å². The monoisotopic (exact) mass is 441 g/mol. The SMILES string of the molecule is O=C(NC(C(=O)O)c1ccccc1Cl)C1CCN(c2ccc(C(F)(F)F)cn2)CC1. The zero-order valence-corrected chi connectivity index (χ0v) is 16.5. The molecule has 0 bridgehead atoms. The first-order valence-corrected chi connectivity index (χ1v) is 9.60. The number of anilines is 1. The Balaban J connectivity index is 1.61. The number of nitrogens with one attached hydrogen (secondary N) is 1. The molecule has 1 atom stereocenters. The highest BCUT2D eigenvalue weighted by Crippen LogP contribution is 2.30. The van der Waals surface area contributed by atoms with Crippen molar-refractivity contribution in [1.29, 1.82) is 0 Å². The second-order valence-electron chi connectivity index (χ2n) is 6.97. The summed E-state index contributed by atoms with van der Waals surface area (Å²) in [6.07, 6.45) is -2.82. The minimum Gasteiger partial charge on any atom is -0.479 e. The predicted molar refractivity (Wildman–Crippen MR) is 104 cm³/mol. The molecule has 0 spiro atoms. The maximum absolute atomic E-state index is 12.7. The number of hydrogen-bond donors (Lipinski definition) is 2. The number of alkyl halides is 3. The highest BCUT2D eigenvalue weighted by molar-refractivity contribution is 6.31. The predicted octanol–water partition coefficient (Wildman–Crippen LogP) is 3.91. The lowest BCUT2D eigenvalue weighted by molar-refractivity contribution is -0.142. The van der Waals surface area contributed by atoms with Crippen LogP contribution in [0, 0.1) is 5.92 Å². The van der Waals surface area contributed by atoms with E-state index in [2.05, 4.69) is 10.3 Å². The van der Waals surface area contributed by atoms with E-state index in [9.17, 15) is 27.9 Å². The normalized spacial score (nSPS) is 16.2. The van der Waals surface area contributed by atoms with Gasteiger partial charge in [-0.05, 0) is 31.0 Å². The first-order chi connectivity index (χ1) is 14.2. The number of aliphatic carboxylic acids is 1. The number of piperidine rings is 1. The second kappa shape index (κ2) is 8.91. The average molecular weight is 442 g/mol. The number of pyridine rings is 1. The van der Waals surface area contributed by atoms with E-state index < -0.39 is 35.6 Å². The zero-order chi connectivity index (χ0) is 21.9. The topological polar surface area (TPSA) is 82.5 Å². The number of benzene rings is 1. The number of rotatable bonds is 5. The van der Waals surface area contributed by atoms with E-state index in [0.29, 0.717) is 37.3 Å². The van der Waals surface area contributed by atoms with Gasteiger partial charge in [0.15, 0.2) is 6.04 Å². The molecule has 6 nitrogen and oxygen atoms in total. The highest BCUT2D eigenvalue weighted by Gasteiger charge is 2.32. The Hall–Kier alpha value is -2.81. The first-order valence-electron chi connectivity index (χ1n) is 9.22. The van der Waals surface area contributed by atoms with Crippen LogP contribution in [-0.4, -0.2) is 35.1 Å². The molecule has 0 radical (unpaired) electrons. The third kappa shape index (κ3) is 5.02. The summed E-state index contributed by atoms with van der Waals surface area (Å²) < 4.78 is 38.0. The fourth-order valence-electron chi connectivity index (χ4n) is 3.35. The Bertz CT molecular complexity index is 914. The Morgan fingerprint density at radius 1 is 1.17 bits per heavy atom. The van der Waals surface area contributed by atoms with Gasteiger partial charge in [-0.15, -0.1) is 0 Å². The van der Waals surface area contributed by atoms with Gasteiger partial charge in [-0.3, -0.25) is 4.79 Å². The van der Waals surface area contributed by atoms with Crippen molar-refractivity contribution in [2.75, 3.05) is 18.0 Å². The summed E-state index contributed by atoms with van der Waals surface area (Å²) in [5, 5.41) is 12.3. The Labute approximate surface area is 175 Å². The standard InChI is InChI=1S/C20H19ClF3N3O3/c21-15-4-2-1-3-14(15)17(19(29)30)26-18(28)12-7-9-27(10-8-12)16-6-5-13(11-25-16)20(22,23)24/h1-6,11-12,17H,7-10H2,(H,26,28)(H,29,30). The molecule has 30 heavy (non-hydrogen) atoms. The molecule has 0 saturated carbocycles. The number of halogens is 4. The van der Waals surface area contributed by atoms with E-state index in [4.69, 9.17) is 11.6 Å². The van der Waals surface area contributed by atoms with E-state index in [1.807, 2.05) is 0 Å². The fourth-order valence-corrected chi connectivity index (χ4v) is 3.60. The number of nitrogens with zero attached hydrogens (tertiary/aromatic N) is 2. The van der Waals surface area contributed by atoms with Gasteiger partial charge in [-0.1, -0.05) is 29.8 Å². The van der Waals surface area contributed by atoms with Gasteiger partial charge in [0.2, 0.25) is 5.91 Å². The zero-order valence-electron chi connectivity index (χ0n) is 15.7. The molecule has 1 aromatic heterocycles. The van der Waals surface area contributed by atoms with Crippen molar-refractivity contribution in [2.45, 2.75) is 25.1 Å². The lowest BCUT2D eigenvalue weighted by Crippen LogP contribution is -2.43. The van der Waals surface area contributed by atoms with Gasteiger partial charge in [-0.25, -0.2) is 9.78 Å². The molecular formula is C20H19ClF3N3O3. The number of amides is 1. The first kappa shape index (κ1) is 21.9. The van der Waals surface area contributed by atoms with Crippen LogP contribution in [0.4, 0.5) is 19.0 Å².